The maximum Gasteiger partial charge on any atom is 0.254 e. The first kappa shape index (κ1) is 21.1. The molecule has 1 heterocycles. The van der Waals surface area contributed by atoms with Gasteiger partial charge in [-0.25, -0.2) is 0 Å². The van der Waals surface area contributed by atoms with E-state index in [1.54, 1.807) is 50.4 Å². The highest BCUT2D eigenvalue weighted by Crippen LogP contribution is 2.26. The van der Waals surface area contributed by atoms with Gasteiger partial charge in [0.05, 0.1) is 0 Å². The number of hydrogen-bond acceptors (Lipinski definition) is 3. The molecule has 1 aliphatic rings. The Morgan fingerprint density at radius 2 is 1.79 bits per heavy atom. The van der Waals surface area contributed by atoms with Gasteiger partial charge in [-0.3, -0.25) is 14.4 Å². The molecule has 0 aromatic heterocycles. The zero-order valence-electron chi connectivity index (χ0n) is 16.1. The fraction of sp³-hybridized carbons (Fsp3) is 0.286. The van der Waals surface area contributed by atoms with Crippen LogP contribution in [0, 0.1) is 6.92 Å². The lowest BCUT2D eigenvalue weighted by atomic mass is 10.1. The normalized spacial score (nSPS) is 15.9. The standard InChI is InChI=1S/C21H21Cl2N3O3/c1-12-16(19(27)24-2)5-3-6-17(12)25-20(28)18-7-4-8-26(18)21(29)13-9-14(22)11-15(23)10-13/h3,5-6,9-11,18H,4,7-8H2,1-2H3,(H,24,27)(H,25,28). The molecule has 0 radical (unpaired) electrons. The van der Waals surface area contributed by atoms with Crippen LogP contribution < -0.4 is 10.6 Å². The van der Waals surface area contributed by atoms with Gasteiger partial charge in [-0.1, -0.05) is 29.3 Å². The van der Waals surface area contributed by atoms with Crippen LogP contribution in [0.3, 0.4) is 0 Å². The monoisotopic (exact) mass is 433 g/mol. The summed E-state index contributed by atoms with van der Waals surface area (Å²) >= 11 is 12.0. The maximum atomic E-state index is 12.9. The molecular weight excluding hydrogens is 413 g/mol. The molecular formula is C21H21Cl2N3O3. The molecule has 0 spiro atoms. The average molecular weight is 434 g/mol. The van der Waals surface area contributed by atoms with Gasteiger partial charge < -0.3 is 15.5 Å². The third-order valence-corrected chi connectivity index (χ3v) is 5.43. The van der Waals surface area contributed by atoms with Crippen LogP contribution >= 0.6 is 23.2 Å². The number of likely N-dealkylation sites (tertiary alicyclic amines) is 1. The molecule has 0 bridgehead atoms. The minimum atomic E-state index is -0.608. The molecule has 0 saturated carbocycles. The highest BCUT2D eigenvalue weighted by atomic mass is 35.5. The van der Waals surface area contributed by atoms with E-state index in [2.05, 4.69) is 10.6 Å². The fourth-order valence-electron chi connectivity index (χ4n) is 3.49. The van der Waals surface area contributed by atoms with Crippen molar-refractivity contribution in [3.8, 4) is 0 Å². The Kier molecular flexibility index (Phi) is 6.45. The number of nitrogens with zero attached hydrogens (tertiary/aromatic N) is 1. The Morgan fingerprint density at radius 1 is 1.10 bits per heavy atom. The van der Waals surface area contributed by atoms with Gasteiger partial charge >= 0.3 is 0 Å². The van der Waals surface area contributed by atoms with Crippen molar-refractivity contribution in [3.05, 3.63) is 63.1 Å². The van der Waals surface area contributed by atoms with Gasteiger partial charge in [0, 0.05) is 40.5 Å². The molecule has 2 aromatic carbocycles. The molecule has 1 atom stereocenters. The van der Waals surface area contributed by atoms with E-state index in [4.69, 9.17) is 23.2 Å². The summed E-state index contributed by atoms with van der Waals surface area (Å²) < 4.78 is 0. The van der Waals surface area contributed by atoms with Crippen molar-refractivity contribution < 1.29 is 14.4 Å². The van der Waals surface area contributed by atoms with E-state index in [9.17, 15) is 14.4 Å². The molecule has 29 heavy (non-hydrogen) atoms. The maximum absolute atomic E-state index is 12.9. The van der Waals surface area contributed by atoms with Crippen molar-refractivity contribution in [1.29, 1.82) is 0 Å². The fourth-order valence-corrected chi connectivity index (χ4v) is 4.02. The Bertz CT molecular complexity index is 957. The van der Waals surface area contributed by atoms with Crippen molar-refractivity contribution in [2.75, 3.05) is 18.9 Å². The van der Waals surface area contributed by atoms with Gasteiger partial charge in [0.15, 0.2) is 0 Å². The van der Waals surface area contributed by atoms with E-state index in [0.29, 0.717) is 45.4 Å². The summed E-state index contributed by atoms with van der Waals surface area (Å²) in [5.74, 6) is -0.807. The van der Waals surface area contributed by atoms with E-state index in [1.807, 2.05) is 0 Å². The molecule has 0 aliphatic carbocycles. The third-order valence-electron chi connectivity index (χ3n) is 4.99. The lowest BCUT2D eigenvalue weighted by molar-refractivity contribution is -0.119. The van der Waals surface area contributed by atoms with Crippen LogP contribution in [0.1, 0.15) is 39.1 Å². The lowest BCUT2D eigenvalue weighted by Gasteiger charge is -2.24. The second kappa shape index (κ2) is 8.84. The van der Waals surface area contributed by atoms with E-state index < -0.39 is 6.04 Å². The second-order valence-corrected chi connectivity index (χ2v) is 7.73. The number of hydrogen-bond donors (Lipinski definition) is 2. The van der Waals surface area contributed by atoms with E-state index in [-0.39, 0.29) is 17.7 Å². The molecule has 152 valence electrons. The van der Waals surface area contributed by atoms with Crippen LogP contribution in [0.5, 0.6) is 0 Å². The SMILES string of the molecule is CNC(=O)c1cccc(NC(=O)C2CCCN2C(=O)c2cc(Cl)cc(Cl)c2)c1C. The first-order valence-corrected chi connectivity index (χ1v) is 9.97. The Labute approximate surface area is 179 Å². The van der Waals surface area contributed by atoms with Gasteiger partial charge in [-0.05, 0) is 55.7 Å². The number of anilines is 1. The van der Waals surface area contributed by atoms with Crippen LogP contribution in [0.25, 0.3) is 0 Å². The Balaban J connectivity index is 1.80. The van der Waals surface area contributed by atoms with Crippen molar-refractivity contribution in [3.63, 3.8) is 0 Å². The number of halogens is 2. The Hall–Kier alpha value is -2.57. The zero-order chi connectivity index (χ0) is 21.1. The quantitative estimate of drug-likeness (QED) is 0.766. The molecule has 2 aromatic rings. The molecule has 1 saturated heterocycles. The largest absolute Gasteiger partial charge is 0.355 e. The second-order valence-electron chi connectivity index (χ2n) is 6.86. The molecule has 6 nitrogen and oxygen atoms in total. The summed E-state index contributed by atoms with van der Waals surface area (Å²) in [5, 5.41) is 6.17. The Morgan fingerprint density at radius 3 is 2.45 bits per heavy atom. The topological polar surface area (TPSA) is 78.5 Å². The van der Waals surface area contributed by atoms with Gasteiger partial charge in [-0.15, -0.1) is 0 Å². The van der Waals surface area contributed by atoms with Crippen LogP contribution in [0.2, 0.25) is 10.0 Å². The van der Waals surface area contributed by atoms with Crippen LogP contribution in [-0.2, 0) is 4.79 Å². The molecule has 3 amide bonds. The summed E-state index contributed by atoms with van der Waals surface area (Å²) in [7, 11) is 1.55. The highest BCUT2D eigenvalue weighted by Gasteiger charge is 2.35. The first-order chi connectivity index (χ1) is 13.8. The number of rotatable bonds is 4. The molecule has 1 fully saturated rings. The first-order valence-electron chi connectivity index (χ1n) is 9.21. The lowest BCUT2D eigenvalue weighted by Crippen LogP contribution is -2.43. The van der Waals surface area contributed by atoms with Crippen LogP contribution in [0.4, 0.5) is 5.69 Å². The van der Waals surface area contributed by atoms with Crippen molar-refractivity contribution in [1.82, 2.24) is 10.2 Å². The van der Waals surface area contributed by atoms with Crippen LogP contribution in [-0.4, -0.2) is 42.3 Å². The predicted octanol–water partition coefficient (Wildman–Crippen LogP) is 3.90. The van der Waals surface area contributed by atoms with Crippen molar-refractivity contribution >= 4 is 46.6 Å². The minimum Gasteiger partial charge on any atom is -0.355 e. The van der Waals surface area contributed by atoms with Crippen molar-refractivity contribution in [2.45, 2.75) is 25.8 Å². The number of nitrogens with one attached hydrogen (secondary N) is 2. The molecule has 3 rings (SSSR count). The minimum absolute atomic E-state index is 0.228. The molecule has 2 N–H and O–H groups in total. The van der Waals surface area contributed by atoms with E-state index in [1.165, 1.54) is 4.90 Å². The predicted molar refractivity (Wildman–Crippen MR) is 114 cm³/mol. The van der Waals surface area contributed by atoms with Gasteiger partial charge in [0.25, 0.3) is 11.8 Å². The summed E-state index contributed by atoms with van der Waals surface area (Å²) in [6, 6.07) is 9.16. The van der Waals surface area contributed by atoms with Gasteiger partial charge in [0.1, 0.15) is 6.04 Å². The van der Waals surface area contributed by atoms with Gasteiger partial charge in [0.2, 0.25) is 5.91 Å². The van der Waals surface area contributed by atoms with Gasteiger partial charge in [-0.2, -0.15) is 0 Å². The average Bonchev–Trinajstić information content (AvgIpc) is 3.17. The number of amides is 3. The number of carbonyl (C=O) groups is 3. The summed E-state index contributed by atoms with van der Waals surface area (Å²) in [4.78, 5) is 39.4. The molecule has 1 aliphatic heterocycles. The summed E-state index contributed by atoms with van der Waals surface area (Å²) in [5.41, 5.74) is 2.04. The third kappa shape index (κ3) is 4.54. The summed E-state index contributed by atoms with van der Waals surface area (Å²) in [6.07, 6.45) is 1.27. The summed E-state index contributed by atoms with van der Waals surface area (Å²) in [6.45, 7) is 2.24. The van der Waals surface area contributed by atoms with Crippen molar-refractivity contribution in [2.24, 2.45) is 0 Å². The number of benzene rings is 2. The van der Waals surface area contributed by atoms with E-state index >= 15 is 0 Å². The zero-order valence-corrected chi connectivity index (χ0v) is 17.6. The number of carbonyl (C=O) groups excluding carboxylic acids is 3. The highest BCUT2D eigenvalue weighted by molar-refractivity contribution is 6.35. The molecule has 8 heteroatoms. The van der Waals surface area contributed by atoms with Crippen LogP contribution in [0.15, 0.2) is 36.4 Å². The smallest absolute Gasteiger partial charge is 0.254 e. The molecule has 1 unspecified atom stereocenters. The van der Waals surface area contributed by atoms with E-state index in [0.717, 1.165) is 6.42 Å².